The van der Waals surface area contributed by atoms with Crippen LogP contribution in [0.5, 0.6) is 0 Å². The molecular weight excluding hydrogens is 304 g/mol. The third-order valence-electron chi connectivity index (χ3n) is 2.76. The Kier molecular flexibility index (Phi) is 3.70. The van der Waals surface area contributed by atoms with Crippen molar-refractivity contribution in [2.75, 3.05) is 0 Å². The molecule has 0 spiro atoms. The van der Waals surface area contributed by atoms with Gasteiger partial charge in [-0.1, -0.05) is 0 Å². The SMILES string of the molecule is CC(C)n1c(-c2ccn(C)c(=O)c2)nnc1S(=O)(=O)Cl. The predicted molar refractivity (Wildman–Crippen MR) is 74.1 cm³/mol. The van der Waals surface area contributed by atoms with E-state index in [1.165, 1.54) is 15.2 Å². The predicted octanol–water partition coefficient (Wildman–Crippen LogP) is 1.15. The maximum atomic E-state index is 11.7. The van der Waals surface area contributed by atoms with Gasteiger partial charge in [-0.05, 0) is 19.9 Å². The number of nitrogens with zero attached hydrogens (tertiary/aromatic N) is 4. The normalized spacial score (nSPS) is 12.1. The fourth-order valence-corrected chi connectivity index (χ4v) is 2.78. The van der Waals surface area contributed by atoms with E-state index in [0.717, 1.165) is 0 Å². The van der Waals surface area contributed by atoms with E-state index in [-0.39, 0.29) is 22.6 Å². The fourth-order valence-electron chi connectivity index (χ4n) is 1.79. The lowest BCUT2D eigenvalue weighted by atomic mass is 10.2. The van der Waals surface area contributed by atoms with Crippen molar-refractivity contribution in [3.63, 3.8) is 0 Å². The summed E-state index contributed by atoms with van der Waals surface area (Å²) in [6.45, 7) is 3.55. The molecule has 9 heteroatoms. The minimum atomic E-state index is -4.01. The first kappa shape index (κ1) is 14.7. The molecule has 0 aliphatic carbocycles. The molecule has 2 heterocycles. The summed E-state index contributed by atoms with van der Waals surface area (Å²) in [6, 6.07) is 2.80. The molecule has 0 saturated heterocycles. The number of pyridine rings is 1. The fraction of sp³-hybridized carbons (Fsp3) is 0.364. The third-order valence-corrected chi connectivity index (χ3v) is 3.89. The van der Waals surface area contributed by atoms with Crippen molar-refractivity contribution < 1.29 is 8.42 Å². The minimum Gasteiger partial charge on any atom is -0.319 e. The van der Waals surface area contributed by atoms with E-state index < -0.39 is 9.05 Å². The highest BCUT2D eigenvalue weighted by molar-refractivity contribution is 8.13. The molecule has 20 heavy (non-hydrogen) atoms. The lowest BCUT2D eigenvalue weighted by Gasteiger charge is -2.12. The summed E-state index contributed by atoms with van der Waals surface area (Å²) < 4.78 is 25.8. The van der Waals surface area contributed by atoms with Crippen molar-refractivity contribution in [3.8, 4) is 11.4 Å². The van der Waals surface area contributed by atoms with Crippen LogP contribution in [0.3, 0.4) is 0 Å². The van der Waals surface area contributed by atoms with Crippen molar-refractivity contribution in [2.24, 2.45) is 7.05 Å². The van der Waals surface area contributed by atoms with Gasteiger partial charge in [-0.25, -0.2) is 8.42 Å². The average molecular weight is 317 g/mol. The Balaban J connectivity index is 2.72. The van der Waals surface area contributed by atoms with E-state index in [9.17, 15) is 13.2 Å². The Hall–Kier alpha value is -1.67. The van der Waals surface area contributed by atoms with E-state index in [0.29, 0.717) is 5.56 Å². The molecule has 0 atom stereocenters. The van der Waals surface area contributed by atoms with E-state index in [4.69, 9.17) is 10.7 Å². The smallest absolute Gasteiger partial charge is 0.296 e. The van der Waals surface area contributed by atoms with Gasteiger partial charge >= 0.3 is 0 Å². The number of aryl methyl sites for hydroxylation is 1. The van der Waals surface area contributed by atoms with Gasteiger partial charge in [-0.15, -0.1) is 10.2 Å². The van der Waals surface area contributed by atoms with E-state index in [1.807, 2.05) is 0 Å². The second kappa shape index (κ2) is 5.02. The first-order valence-electron chi connectivity index (χ1n) is 5.78. The molecule has 0 fully saturated rings. The molecule has 2 rings (SSSR count). The van der Waals surface area contributed by atoms with Crippen LogP contribution in [0, 0.1) is 0 Å². The van der Waals surface area contributed by atoms with Crippen LogP contribution in [0.4, 0.5) is 0 Å². The van der Waals surface area contributed by atoms with Crippen LogP contribution >= 0.6 is 10.7 Å². The van der Waals surface area contributed by atoms with Crippen LogP contribution in [0.15, 0.2) is 28.3 Å². The van der Waals surface area contributed by atoms with E-state index in [1.54, 1.807) is 33.2 Å². The van der Waals surface area contributed by atoms with Crippen LogP contribution in [0.2, 0.25) is 0 Å². The van der Waals surface area contributed by atoms with Gasteiger partial charge in [0.05, 0.1) is 0 Å². The quantitative estimate of drug-likeness (QED) is 0.793. The lowest BCUT2D eigenvalue weighted by Crippen LogP contribution is -2.15. The van der Waals surface area contributed by atoms with Crippen LogP contribution in [-0.4, -0.2) is 27.7 Å². The first-order valence-corrected chi connectivity index (χ1v) is 8.09. The highest BCUT2D eigenvalue weighted by Crippen LogP contribution is 2.25. The number of hydrogen-bond acceptors (Lipinski definition) is 5. The molecule has 0 N–H and O–H groups in total. The van der Waals surface area contributed by atoms with E-state index in [2.05, 4.69) is 10.2 Å². The summed E-state index contributed by atoms with van der Waals surface area (Å²) >= 11 is 0. The Bertz CT molecular complexity index is 807. The molecule has 7 nitrogen and oxygen atoms in total. The first-order chi connectivity index (χ1) is 9.21. The minimum absolute atomic E-state index is 0.226. The molecule has 0 radical (unpaired) electrons. The average Bonchev–Trinajstić information content (AvgIpc) is 2.77. The number of hydrogen-bond donors (Lipinski definition) is 0. The van der Waals surface area contributed by atoms with Crippen molar-refractivity contribution >= 4 is 19.7 Å². The molecule has 2 aromatic rings. The van der Waals surface area contributed by atoms with Gasteiger partial charge in [0.1, 0.15) is 0 Å². The summed E-state index contributed by atoms with van der Waals surface area (Å²) in [5.74, 6) is 0.289. The molecule has 0 aliphatic rings. The van der Waals surface area contributed by atoms with Gasteiger partial charge in [0, 0.05) is 41.6 Å². The summed E-state index contributed by atoms with van der Waals surface area (Å²) in [4.78, 5) is 11.7. The largest absolute Gasteiger partial charge is 0.319 e. The molecular formula is C11H13ClN4O3S. The van der Waals surface area contributed by atoms with Gasteiger partial charge in [0.25, 0.3) is 19.8 Å². The van der Waals surface area contributed by atoms with Crippen LogP contribution in [0.25, 0.3) is 11.4 Å². The molecule has 2 aromatic heterocycles. The number of halogens is 1. The molecule has 0 aromatic carbocycles. The van der Waals surface area contributed by atoms with Gasteiger partial charge in [0.2, 0.25) is 0 Å². The lowest BCUT2D eigenvalue weighted by molar-refractivity contribution is 0.530. The molecule has 0 aliphatic heterocycles. The van der Waals surface area contributed by atoms with Gasteiger partial charge in [-0.2, -0.15) is 0 Å². The van der Waals surface area contributed by atoms with Crippen LogP contribution < -0.4 is 5.56 Å². The highest BCUT2D eigenvalue weighted by Gasteiger charge is 2.25. The van der Waals surface area contributed by atoms with Gasteiger partial charge in [-0.3, -0.25) is 9.36 Å². The Morgan fingerprint density at radius 3 is 2.45 bits per heavy atom. The van der Waals surface area contributed by atoms with Crippen LogP contribution in [-0.2, 0) is 16.1 Å². The Morgan fingerprint density at radius 1 is 1.30 bits per heavy atom. The Morgan fingerprint density at radius 2 is 1.95 bits per heavy atom. The monoisotopic (exact) mass is 316 g/mol. The maximum Gasteiger partial charge on any atom is 0.296 e. The zero-order valence-electron chi connectivity index (χ0n) is 11.1. The highest BCUT2D eigenvalue weighted by atomic mass is 35.7. The standard InChI is InChI=1S/C11H13ClN4O3S/c1-7(2)16-10(13-14-11(16)20(12,18)19)8-4-5-15(3)9(17)6-8/h4-7H,1-3H3. The third kappa shape index (κ3) is 2.61. The van der Waals surface area contributed by atoms with Gasteiger partial charge < -0.3 is 4.57 Å². The van der Waals surface area contributed by atoms with E-state index >= 15 is 0 Å². The molecule has 108 valence electrons. The molecule has 0 saturated carbocycles. The molecule has 0 unspecified atom stereocenters. The topological polar surface area (TPSA) is 86.8 Å². The van der Waals surface area contributed by atoms with Crippen molar-refractivity contribution in [1.29, 1.82) is 0 Å². The molecule has 0 bridgehead atoms. The number of rotatable bonds is 3. The Labute approximate surface area is 120 Å². The van der Waals surface area contributed by atoms with Crippen molar-refractivity contribution in [3.05, 3.63) is 28.7 Å². The zero-order chi connectivity index (χ0) is 15.1. The second-order valence-corrected chi connectivity index (χ2v) is 7.03. The van der Waals surface area contributed by atoms with Crippen LogP contribution in [0.1, 0.15) is 19.9 Å². The summed E-state index contributed by atoms with van der Waals surface area (Å²) in [6.07, 6.45) is 1.58. The summed E-state index contributed by atoms with van der Waals surface area (Å²) in [5.41, 5.74) is 0.261. The van der Waals surface area contributed by atoms with Gasteiger partial charge in [0.15, 0.2) is 5.82 Å². The van der Waals surface area contributed by atoms with Crippen molar-refractivity contribution in [2.45, 2.75) is 25.0 Å². The summed E-state index contributed by atoms with van der Waals surface area (Å²) in [5, 5.41) is 7.14. The summed E-state index contributed by atoms with van der Waals surface area (Å²) in [7, 11) is 2.96. The number of aromatic nitrogens is 4. The maximum absolute atomic E-state index is 11.7. The van der Waals surface area contributed by atoms with Crippen molar-refractivity contribution in [1.82, 2.24) is 19.3 Å². The zero-order valence-corrected chi connectivity index (χ0v) is 12.7. The molecule has 0 amide bonds. The second-order valence-electron chi connectivity index (χ2n) is 4.57.